The summed E-state index contributed by atoms with van der Waals surface area (Å²) in [6.45, 7) is 3.98. The molecule has 1 aliphatic rings. The third kappa shape index (κ3) is 3.39. The molecule has 1 aliphatic heterocycles. The monoisotopic (exact) mass is 265 g/mol. The van der Waals surface area contributed by atoms with E-state index in [2.05, 4.69) is 15.3 Å². The van der Waals surface area contributed by atoms with Gasteiger partial charge in [0, 0.05) is 25.4 Å². The van der Waals surface area contributed by atoms with Gasteiger partial charge in [0.15, 0.2) is 0 Å². The summed E-state index contributed by atoms with van der Waals surface area (Å²) in [6, 6.07) is 1.46. The highest BCUT2D eigenvalue weighted by atomic mass is 16.5. The summed E-state index contributed by atoms with van der Waals surface area (Å²) in [4.78, 5) is 22.1. The van der Waals surface area contributed by atoms with Gasteiger partial charge in [0.2, 0.25) is 5.91 Å². The van der Waals surface area contributed by atoms with E-state index >= 15 is 0 Å². The van der Waals surface area contributed by atoms with Crippen LogP contribution in [0, 0.1) is 6.92 Å². The summed E-state index contributed by atoms with van der Waals surface area (Å²) < 4.78 is 5.28. The van der Waals surface area contributed by atoms with Gasteiger partial charge in [-0.2, -0.15) is 0 Å². The number of nitrogens with zero attached hydrogens (tertiary/aromatic N) is 3. The molecular weight excluding hydrogens is 246 g/mol. The lowest BCUT2D eigenvalue weighted by atomic mass is 10.2. The second-order valence-corrected chi connectivity index (χ2v) is 4.52. The lowest BCUT2D eigenvalue weighted by molar-refractivity contribution is -0.129. The number of amides is 1. The maximum absolute atomic E-state index is 11.4. The lowest BCUT2D eigenvalue weighted by Crippen LogP contribution is -2.52. The van der Waals surface area contributed by atoms with Crippen LogP contribution in [-0.4, -0.2) is 53.6 Å². The van der Waals surface area contributed by atoms with Gasteiger partial charge in [-0.3, -0.25) is 9.69 Å². The molecule has 1 aromatic heterocycles. The smallest absolute Gasteiger partial charge is 0.237 e. The highest BCUT2D eigenvalue weighted by molar-refractivity contribution is 5.80. The van der Waals surface area contributed by atoms with E-state index in [0.29, 0.717) is 32.1 Å². The first kappa shape index (κ1) is 13.7. The van der Waals surface area contributed by atoms with Crippen LogP contribution >= 0.6 is 0 Å². The zero-order valence-electron chi connectivity index (χ0n) is 11.2. The molecule has 1 amide bonds. The lowest BCUT2D eigenvalue weighted by Gasteiger charge is -2.32. The van der Waals surface area contributed by atoms with Crippen molar-refractivity contribution < 1.29 is 9.53 Å². The Morgan fingerprint density at radius 3 is 3.11 bits per heavy atom. The van der Waals surface area contributed by atoms with Gasteiger partial charge < -0.3 is 15.8 Å². The molecule has 0 spiro atoms. The van der Waals surface area contributed by atoms with Crippen LogP contribution < -0.4 is 11.1 Å². The van der Waals surface area contributed by atoms with E-state index in [0.717, 1.165) is 11.5 Å². The number of nitrogens with one attached hydrogen (secondary N) is 1. The van der Waals surface area contributed by atoms with Gasteiger partial charge in [-0.1, -0.05) is 0 Å². The molecule has 1 saturated heterocycles. The molecule has 1 atom stereocenters. The average molecular weight is 265 g/mol. The Morgan fingerprint density at radius 2 is 2.42 bits per heavy atom. The quantitative estimate of drug-likeness (QED) is 0.763. The van der Waals surface area contributed by atoms with Crippen LogP contribution in [0.3, 0.4) is 0 Å². The van der Waals surface area contributed by atoms with Crippen molar-refractivity contribution in [3.63, 3.8) is 0 Å². The molecule has 104 valence electrons. The molecule has 0 bridgehead atoms. The number of rotatable bonds is 4. The van der Waals surface area contributed by atoms with Gasteiger partial charge in [0.05, 0.1) is 19.8 Å². The third-order valence-electron chi connectivity index (χ3n) is 3.07. The number of hydrogen-bond donors (Lipinski definition) is 2. The number of carbonyl (C=O) groups excluding carboxylic acids is 1. The van der Waals surface area contributed by atoms with Gasteiger partial charge >= 0.3 is 0 Å². The summed E-state index contributed by atoms with van der Waals surface area (Å²) in [7, 11) is 1.81. The maximum atomic E-state index is 11.4. The summed E-state index contributed by atoms with van der Waals surface area (Å²) in [5.74, 6) is 1.07. The number of primary amides is 1. The van der Waals surface area contributed by atoms with Crippen LogP contribution in [0.2, 0.25) is 0 Å². The molecule has 0 radical (unpaired) electrons. The van der Waals surface area contributed by atoms with E-state index < -0.39 is 6.04 Å². The van der Waals surface area contributed by atoms with Gasteiger partial charge in [-0.25, -0.2) is 9.97 Å². The van der Waals surface area contributed by atoms with Crippen molar-refractivity contribution in [1.29, 1.82) is 0 Å². The van der Waals surface area contributed by atoms with Crippen LogP contribution in [0.5, 0.6) is 0 Å². The Kier molecular flexibility index (Phi) is 4.28. The molecule has 7 nitrogen and oxygen atoms in total. The fraction of sp³-hybridized carbons (Fsp3) is 0.583. The molecule has 2 heterocycles. The van der Waals surface area contributed by atoms with E-state index in [1.807, 2.05) is 24.9 Å². The standard InChI is InChI=1S/C12H19N5O2/c1-8-5-10(14-2)16-11(15-8)6-17-3-4-19-7-9(17)12(13)18/h5,9H,3-4,6-7H2,1-2H3,(H2,13,18)(H,14,15,16). The minimum absolute atomic E-state index is 0.333. The largest absolute Gasteiger partial charge is 0.378 e. The number of hydrogen-bond acceptors (Lipinski definition) is 6. The van der Waals surface area contributed by atoms with Gasteiger partial charge in [0.1, 0.15) is 17.7 Å². The first-order valence-corrected chi connectivity index (χ1v) is 6.23. The number of aryl methyl sites for hydroxylation is 1. The molecule has 3 N–H and O–H groups in total. The van der Waals surface area contributed by atoms with Crippen molar-refractivity contribution in [1.82, 2.24) is 14.9 Å². The Morgan fingerprint density at radius 1 is 1.63 bits per heavy atom. The Balaban J connectivity index is 2.14. The molecule has 2 rings (SSSR count). The SMILES string of the molecule is CNc1cc(C)nc(CN2CCOCC2C(N)=O)n1. The van der Waals surface area contributed by atoms with Crippen molar-refractivity contribution in [2.75, 3.05) is 32.1 Å². The van der Waals surface area contributed by atoms with Crippen LogP contribution in [0.1, 0.15) is 11.5 Å². The number of ether oxygens (including phenoxy) is 1. The van der Waals surface area contributed by atoms with Crippen LogP contribution in [0.15, 0.2) is 6.07 Å². The summed E-state index contributed by atoms with van der Waals surface area (Å²) in [6.07, 6.45) is 0. The number of anilines is 1. The number of nitrogens with two attached hydrogens (primary N) is 1. The van der Waals surface area contributed by atoms with E-state index in [1.165, 1.54) is 0 Å². The van der Waals surface area contributed by atoms with Gasteiger partial charge in [-0.05, 0) is 6.92 Å². The molecule has 1 unspecified atom stereocenters. The van der Waals surface area contributed by atoms with Crippen LogP contribution in [-0.2, 0) is 16.1 Å². The Labute approximate surface area is 112 Å². The maximum Gasteiger partial charge on any atom is 0.237 e. The van der Waals surface area contributed by atoms with Crippen molar-refractivity contribution in [2.24, 2.45) is 5.73 Å². The van der Waals surface area contributed by atoms with Crippen molar-refractivity contribution in [2.45, 2.75) is 19.5 Å². The third-order valence-corrected chi connectivity index (χ3v) is 3.07. The molecule has 0 saturated carbocycles. The first-order chi connectivity index (χ1) is 9.10. The van der Waals surface area contributed by atoms with Crippen molar-refractivity contribution in [3.8, 4) is 0 Å². The second-order valence-electron chi connectivity index (χ2n) is 4.52. The van der Waals surface area contributed by atoms with E-state index in [9.17, 15) is 4.79 Å². The second kappa shape index (κ2) is 5.94. The molecule has 0 aromatic carbocycles. The molecule has 19 heavy (non-hydrogen) atoms. The summed E-state index contributed by atoms with van der Waals surface area (Å²) in [5.41, 5.74) is 6.27. The number of morpholine rings is 1. The molecular formula is C12H19N5O2. The number of carbonyl (C=O) groups is 1. The minimum Gasteiger partial charge on any atom is -0.378 e. The zero-order valence-corrected chi connectivity index (χ0v) is 11.2. The highest BCUT2D eigenvalue weighted by Gasteiger charge is 2.28. The molecule has 1 fully saturated rings. The topological polar surface area (TPSA) is 93.4 Å². The fourth-order valence-electron chi connectivity index (χ4n) is 2.10. The van der Waals surface area contributed by atoms with E-state index in [-0.39, 0.29) is 5.91 Å². The van der Waals surface area contributed by atoms with E-state index in [1.54, 1.807) is 0 Å². The Hall–Kier alpha value is -1.73. The first-order valence-electron chi connectivity index (χ1n) is 6.23. The molecule has 7 heteroatoms. The highest BCUT2D eigenvalue weighted by Crippen LogP contribution is 2.12. The fourth-order valence-corrected chi connectivity index (χ4v) is 2.10. The summed E-state index contributed by atoms with van der Waals surface area (Å²) >= 11 is 0. The Bertz CT molecular complexity index is 465. The molecule has 0 aliphatic carbocycles. The van der Waals surface area contributed by atoms with Gasteiger partial charge in [0.25, 0.3) is 0 Å². The predicted octanol–water partition coefficient (Wildman–Crippen LogP) is -0.487. The van der Waals surface area contributed by atoms with Crippen LogP contribution in [0.4, 0.5) is 5.82 Å². The average Bonchev–Trinajstić information content (AvgIpc) is 2.38. The van der Waals surface area contributed by atoms with Crippen molar-refractivity contribution >= 4 is 11.7 Å². The molecule has 1 aromatic rings. The number of aromatic nitrogens is 2. The minimum atomic E-state index is -0.407. The van der Waals surface area contributed by atoms with Crippen molar-refractivity contribution in [3.05, 3.63) is 17.6 Å². The van der Waals surface area contributed by atoms with Gasteiger partial charge in [-0.15, -0.1) is 0 Å². The van der Waals surface area contributed by atoms with E-state index in [4.69, 9.17) is 10.5 Å². The predicted molar refractivity (Wildman–Crippen MR) is 70.5 cm³/mol. The normalized spacial score (nSPS) is 20.2. The zero-order chi connectivity index (χ0) is 13.8. The summed E-state index contributed by atoms with van der Waals surface area (Å²) in [5, 5.41) is 2.99. The van der Waals surface area contributed by atoms with Crippen LogP contribution in [0.25, 0.3) is 0 Å².